The summed E-state index contributed by atoms with van der Waals surface area (Å²) in [5.41, 5.74) is 2.15. The molecule has 0 unspecified atom stereocenters. The molecule has 1 aromatic carbocycles. The van der Waals surface area contributed by atoms with Crippen LogP contribution >= 0.6 is 0 Å². The van der Waals surface area contributed by atoms with Crippen LogP contribution < -0.4 is 15.0 Å². The number of morpholine rings is 1. The van der Waals surface area contributed by atoms with Crippen LogP contribution in [0.1, 0.15) is 0 Å². The monoisotopic (exact) mass is 348 g/mol. The van der Waals surface area contributed by atoms with E-state index in [0.29, 0.717) is 19.8 Å². The lowest BCUT2D eigenvalue weighted by atomic mass is 10.2. The van der Waals surface area contributed by atoms with Crippen molar-refractivity contribution in [3.63, 3.8) is 0 Å². The quantitative estimate of drug-likeness (QED) is 0.846. The first-order chi connectivity index (χ1) is 12.2. The van der Waals surface area contributed by atoms with Crippen molar-refractivity contribution in [1.82, 2.24) is 9.80 Å². The second-order valence-corrected chi connectivity index (χ2v) is 6.39. The van der Waals surface area contributed by atoms with Crippen molar-refractivity contribution in [3.05, 3.63) is 18.2 Å². The number of methoxy groups -OCH3 is 1. The van der Waals surface area contributed by atoms with Crippen LogP contribution in [0.4, 0.5) is 11.4 Å². The zero-order valence-corrected chi connectivity index (χ0v) is 15.2. The van der Waals surface area contributed by atoms with Crippen LogP contribution in [-0.2, 0) is 9.53 Å². The average Bonchev–Trinajstić information content (AvgIpc) is 2.68. The summed E-state index contributed by atoms with van der Waals surface area (Å²) in [5.74, 6) is 1.07. The van der Waals surface area contributed by atoms with E-state index < -0.39 is 0 Å². The number of piperazine rings is 1. The van der Waals surface area contributed by atoms with Gasteiger partial charge in [0.1, 0.15) is 5.75 Å². The van der Waals surface area contributed by atoms with Gasteiger partial charge in [-0.25, -0.2) is 0 Å². The molecule has 25 heavy (non-hydrogen) atoms. The molecule has 7 nitrogen and oxygen atoms in total. The number of carbonyl (C=O) groups is 1. The molecule has 0 radical (unpaired) electrons. The maximum atomic E-state index is 12.4. The van der Waals surface area contributed by atoms with E-state index in [1.54, 1.807) is 7.11 Å². The molecule has 0 atom stereocenters. The molecule has 2 saturated heterocycles. The van der Waals surface area contributed by atoms with Crippen LogP contribution in [0.2, 0.25) is 0 Å². The van der Waals surface area contributed by atoms with Crippen molar-refractivity contribution >= 4 is 17.3 Å². The lowest BCUT2D eigenvalue weighted by Gasteiger charge is -2.37. The highest BCUT2D eigenvalue weighted by molar-refractivity contribution is 5.78. The summed E-state index contributed by atoms with van der Waals surface area (Å²) in [6.07, 6.45) is 0. The Balaban J connectivity index is 1.52. The molecule has 2 heterocycles. The van der Waals surface area contributed by atoms with Crippen molar-refractivity contribution in [2.45, 2.75) is 0 Å². The number of nitrogens with one attached hydrogen (secondary N) is 1. The Kier molecular flexibility index (Phi) is 5.99. The van der Waals surface area contributed by atoms with Gasteiger partial charge >= 0.3 is 0 Å². The number of benzene rings is 1. The molecule has 138 valence electrons. The van der Waals surface area contributed by atoms with E-state index in [2.05, 4.69) is 27.2 Å². The third kappa shape index (κ3) is 4.35. The maximum Gasteiger partial charge on any atom is 0.236 e. The molecule has 0 saturated carbocycles. The molecule has 0 aliphatic carbocycles. The molecule has 2 aliphatic heterocycles. The summed E-state index contributed by atoms with van der Waals surface area (Å²) in [5, 5.41) is 3.13. The van der Waals surface area contributed by atoms with Gasteiger partial charge in [0.25, 0.3) is 0 Å². The summed E-state index contributed by atoms with van der Waals surface area (Å²) in [4.78, 5) is 18.9. The minimum absolute atomic E-state index is 0.219. The number of nitrogens with zero attached hydrogens (tertiary/aromatic N) is 3. The largest absolute Gasteiger partial charge is 0.495 e. The number of rotatable bonds is 5. The minimum Gasteiger partial charge on any atom is -0.495 e. The van der Waals surface area contributed by atoms with Crippen LogP contribution in [-0.4, -0.2) is 88.9 Å². The molecule has 7 heteroatoms. The van der Waals surface area contributed by atoms with Crippen LogP contribution in [0, 0.1) is 0 Å². The summed E-state index contributed by atoms with van der Waals surface area (Å²) in [6.45, 7) is 6.88. The van der Waals surface area contributed by atoms with Gasteiger partial charge in [0.05, 0.1) is 32.6 Å². The maximum absolute atomic E-state index is 12.4. The van der Waals surface area contributed by atoms with Crippen LogP contribution in [0.25, 0.3) is 0 Å². The lowest BCUT2D eigenvalue weighted by molar-refractivity contribution is -0.136. The highest BCUT2D eigenvalue weighted by Gasteiger charge is 2.23. The fourth-order valence-electron chi connectivity index (χ4n) is 3.35. The standard InChI is InChI=1S/C18H28N4O3/c1-19-16-4-3-15(13-17(16)24-2)21-7-5-20(6-8-21)14-18(23)22-9-11-25-12-10-22/h3-4,13,19H,5-12,14H2,1-2H3. The van der Waals surface area contributed by atoms with Crippen molar-refractivity contribution in [2.24, 2.45) is 0 Å². The molecule has 0 spiro atoms. The summed E-state index contributed by atoms with van der Waals surface area (Å²) in [7, 11) is 3.58. The highest BCUT2D eigenvalue weighted by atomic mass is 16.5. The van der Waals surface area contributed by atoms with Gasteiger partial charge in [0.2, 0.25) is 5.91 Å². The average molecular weight is 348 g/mol. The van der Waals surface area contributed by atoms with Gasteiger partial charge in [-0.1, -0.05) is 0 Å². The zero-order chi connectivity index (χ0) is 17.6. The second-order valence-electron chi connectivity index (χ2n) is 6.39. The van der Waals surface area contributed by atoms with Crippen molar-refractivity contribution < 1.29 is 14.3 Å². The van der Waals surface area contributed by atoms with Gasteiger partial charge < -0.3 is 24.6 Å². The molecular weight excluding hydrogens is 320 g/mol. The van der Waals surface area contributed by atoms with Crippen molar-refractivity contribution in [3.8, 4) is 5.75 Å². The number of hydrogen-bond acceptors (Lipinski definition) is 6. The Morgan fingerprint density at radius 1 is 1.16 bits per heavy atom. The molecular formula is C18H28N4O3. The molecule has 1 N–H and O–H groups in total. The Labute approximate surface area is 149 Å². The first-order valence-electron chi connectivity index (χ1n) is 8.90. The van der Waals surface area contributed by atoms with E-state index in [1.807, 2.05) is 18.0 Å². The third-order valence-corrected chi connectivity index (χ3v) is 4.91. The molecule has 1 aromatic rings. The minimum atomic E-state index is 0.219. The normalized spacial score (nSPS) is 19.0. The summed E-state index contributed by atoms with van der Waals surface area (Å²) >= 11 is 0. The van der Waals surface area contributed by atoms with Crippen LogP contribution in [0.5, 0.6) is 5.75 Å². The topological polar surface area (TPSA) is 57.3 Å². The lowest BCUT2D eigenvalue weighted by Crippen LogP contribution is -2.51. The number of hydrogen-bond donors (Lipinski definition) is 1. The van der Waals surface area contributed by atoms with E-state index in [0.717, 1.165) is 56.4 Å². The molecule has 2 aliphatic rings. The number of anilines is 2. The Bertz CT molecular complexity index is 582. The summed E-state index contributed by atoms with van der Waals surface area (Å²) < 4.78 is 10.8. The molecule has 0 bridgehead atoms. The molecule has 0 aromatic heterocycles. The van der Waals surface area contributed by atoms with E-state index >= 15 is 0 Å². The fourth-order valence-corrected chi connectivity index (χ4v) is 3.35. The number of ether oxygens (including phenoxy) is 2. The first kappa shape index (κ1) is 17.8. The fraction of sp³-hybridized carbons (Fsp3) is 0.611. The van der Waals surface area contributed by atoms with E-state index in [-0.39, 0.29) is 5.91 Å². The Morgan fingerprint density at radius 3 is 2.52 bits per heavy atom. The van der Waals surface area contributed by atoms with Gasteiger partial charge in [-0.2, -0.15) is 0 Å². The third-order valence-electron chi connectivity index (χ3n) is 4.91. The smallest absolute Gasteiger partial charge is 0.236 e. The molecule has 1 amide bonds. The SMILES string of the molecule is CNc1ccc(N2CCN(CC(=O)N3CCOCC3)CC2)cc1OC. The predicted octanol–water partition coefficient (Wildman–Crippen LogP) is 0.718. The molecule has 2 fully saturated rings. The zero-order valence-electron chi connectivity index (χ0n) is 15.2. The van der Waals surface area contributed by atoms with Crippen LogP contribution in [0.15, 0.2) is 18.2 Å². The van der Waals surface area contributed by atoms with Crippen molar-refractivity contribution in [1.29, 1.82) is 0 Å². The number of carbonyl (C=O) groups excluding carboxylic acids is 1. The number of amides is 1. The Hall–Kier alpha value is -1.99. The second kappa shape index (κ2) is 8.40. The van der Waals surface area contributed by atoms with Crippen LogP contribution in [0.3, 0.4) is 0 Å². The van der Waals surface area contributed by atoms with Gasteiger partial charge in [-0.05, 0) is 12.1 Å². The van der Waals surface area contributed by atoms with Gasteiger partial charge in [-0.3, -0.25) is 9.69 Å². The first-order valence-corrected chi connectivity index (χ1v) is 8.90. The molecule has 3 rings (SSSR count). The van der Waals surface area contributed by atoms with E-state index in [1.165, 1.54) is 0 Å². The van der Waals surface area contributed by atoms with E-state index in [4.69, 9.17) is 9.47 Å². The Morgan fingerprint density at radius 2 is 1.88 bits per heavy atom. The van der Waals surface area contributed by atoms with Gasteiger partial charge in [0.15, 0.2) is 0 Å². The predicted molar refractivity (Wildman–Crippen MR) is 98.6 cm³/mol. The summed E-state index contributed by atoms with van der Waals surface area (Å²) in [6, 6.07) is 6.23. The van der Waals surface area contributed by atoms with Crippen molar-refractivity contribution in [2.75, 3.05) is 83.4 Å². The van der Waals surface area contributed by atoms with Gasteiger partial charge in [0, 0.05) is 58.1 Å². The highest BCUT2D eigenvalue weighted by Crippen LogP contribution is 2.29. The van der Waals surface area contributed by atoms with E-state index in [9.17, 15) is 4.79 Å². The van der Waals surface area contributed by atoms with Gasteiger partial charge in [-0.15, -0.1) is 0 Å².